The lowest BCUT2D eigenvalue weighted by Crippen LogP contribution is -2.30. The molecule has 7 heteroatoms. The molecule has 0 fully saturated rings. The highest BCUT2D eigenvalue weighted by Gasteiger charge is 2.19. The van der Waals surface area contributed by atoms with E-state index in [4.69, 9.17) is 20.8 Å². The second-order valence-corrected chi connectivity index (χ2v) is 6.55. The molecule has 0 amide bonds. The highest BCUT2D eigenvalue weighted by Crippen LogP contribution is 2.34. The molecule has 1 heterocycles. The van der Waals surface area contributed by atoms with Crippen LogP contribution in [-0.2, 0) is 4.79 Å². The van der Waals surface area contributed by atoms with Crippen LogP contribution in [0.15, 0.2) is 40.8 Å². The van der Waals surface area contributed by atoms with Gasteiger partial charge in [-0.05, 0) is 44.2 Å². The molecule has 0 saturated carbocycles. The molecule has 6 nitrogen and oxygen atoms in total. The second-order valence-electron chi connectivity index (χ2n) is 6.11. The van der Waals surface area contributed by atoms with Crippen molar-refractivity contribution in [2.24, 2.45) is 0 Å². The highest BCUT2D eigenvalue weighted by molar-refractivity contribution is 6.31. The third-order valence-corrected chi connectivity index (χ3v) is 4.14. The van der Waals surface area contributed by atoms with Crippen molar-refractivity contribution in [1.82, 2.24) is 4.98 Å². The summed E-state index contributed by atoms with van der Waals surface area (Å²) >= 11 is 5.94. The maximum atomic E-state index is 11.1. The van der Waals surface area contributed by atoms with Crippen LogP contribution in [0, 0.1) is 0 Å². The number of aliphatic hydroxyl groups excluding tert-OH is 1. The number of phenolic OH excluding ortho intramolecular Hbond substituents is 1. The number of oxazole rings is 1. The lowest BCUT2D eigenvalue weighted by Gasteiger charge is -2.20. The third kappa shape index (κ3) is 3.98. The van der Waals surface area contributed by atoms with Crippen LogP contribution in [0.3, 0.4) is 0 Å². The molecule has 136 valence electrons. The first-order chi connectivity index (χ1) is 12.3. The van der Waals surface area contributed by atoms with Crippen molar-refractivity contribution in [3.8, 4) is 23.0 Å². The molecule has 0 aliphatic heterocycles. The number of ketones is 1. The highest BCUT2D eigenvalue weighted by atomic mass is 35.5. The van der Waals surface area contributed by atoms with Gasteiger partial charge in [-0.1, -0.05) is 11.6 Å². The fourth-order valence-corrected chi connectivity index (χ4v) is 2.67. The first kappa shape index (κ1) is 18.2. The number of hydrogen-bond donors (Lipinski definition) is 2. The van der Waals surface area contributed by atoms with E-state index in [0.29, 0.717) is 27.6 Å². The first-order valence-electron chi connectivity index (χ1n) is 8.07. The molecule has 2 unspecified atom stereocenters. The summed E-state index contributed by atoms with van der Waals surface area (Å²) < 4.78 is 11.2. The molecule has 0 aliphatic rings. The number of hydrogen-bond acceptors (Lipinski definition) is 6. The van der Waals surface area contributed by atoms with Gasteiger partial charge >= 0.3 is 0 Å². The van der Waals surface area contributed by atoms with Crippen LogP contribution in [-0.4, -0.2) is 33.2 Å². The summed E-state index contributed by atoms with van der Waals surface area (Å²) in [6.45, 7) is 3.03. The number of aromatic hydroxyl groups is 1. The van der Waals surface area contributed by atoms with Crippen molar-refractivity contribution in [2.45, 2.75) is 32.5 Å². The molecule has 0 aliphatic carbocycles. The Morgan fingerprint density at radius 2 is 2.08 bits per heavy atom. The van der Waals surface area contributed by atoms with E-state index < -0.39 is 12.2 Å². The number of phenols is 1. The number of benzene rings is 2. The molecule has 0 radical (unpaired) electrons. The molecule has 26 heavy (non-hydrogen) atoms. The van der Waals surface area contributed by atoms with Crippen molar-refractivity contribution in [3.63, 3.8) is 0 Å². The molecule has 0 saturated heterocycles. The maximum absolute atomic E-state index is 11.1. The Kier molecular flexibility index (Phi) is 5.15. The lowest BCUT2D eigenvalue weighted by atomic mass is 10.1. The summed E-state index contributed by atoms with van der Waals surface area (Å²) in [6.07, 6.45) is -1.61. The Labute approximate surface area is 155 Å². The standard InChI is InChI=1S/C19H18ClNO5/c1-10(22)7-15(23)11(2)25-17-6-3-12(8-16(17)24)19-21-14-5-4-13(20)9-18(14)26-19/h3-6,8-9,11,15,23-24H,7H2,1-2H3. The number of Topliss-reactive ketones (excluding diaryl/α,β-unsaturated/α-hetero) is 1. The second kappa shape index (κ2) is 7.35. The SMILES string of the molecule is CC(=O)CC(O)C(C)Oc1ccc(-c2nc3ccc(Cl)cc3o2)cc1O. The van der Waals surface area contributed by atoms with Gasteiger partial charge in [0.2, 0.25) is 5.89 Å². The van der Waals surface area contributed by atoms with Crippen molar-refractivity contribution < 1.29 is 24.2 Å². The molecular weight excluding hydrogens is 358 g/mol. The van der Waals surface area contributed by atoms with Crippen LogP contribution in [0.4, 0.5) is 0 Å². The minimum absolute atomic E-state index is 0.00846. The van der Waals surface area contributed by atoms with Crippen LogP contribution < -0.4 is 4.74 Å². The lowest BCUT2D eigenvalue weighted by molar-refractivity contribution is -0.120. The first-order valence-corrected chi connectivity index (χ1v) is 8.45. The van der Waals surface area contributed by atoms with E-state index >= 15 is 0 Å². The topological polar surface area (TPSA) is 92.8 Å². The van der Waals surface area contributed by atoms with Gasteiger partial charge in [-0.2, -0.15) is 0 Å². The number of carbonyl (C=O) groups is 1. The number of aromatic nitrogens is 1. The van der Waals surface area contributed by atoms with Crippen LogP contribution in [0.1, 0.15) is 20.3 Å². The van der Waals surface area contributed by atoms with Crippen molar-refractivity contribution in [1.29, 1.82) is 0 Å². The average Bonchev–Trinajstić information content (AvgIpc) is 2.99. The monoisotopic (exact) mass is 375 g/mol. The number of fused-ring (bicyclic) bond motifs is 1. The van der Waals surface area contributed by atoms with Gasteiger partial charge in [0.15, 0.2) is 17.1 Å². The number of halogens is 1. The number of rotatable bonds is 6. The van der Waals surface area contributed by atoms with Crippen LogP contribution in [0.25, 0.3) is 22.6 Å². The number of ether oxygens (including phenoxy) is 1. The fourth-order valence-electron chi connectivity index (χ4n) is 2.51. The fraction of sp³-hybridized carbons (Fsp3) is 0.263. The van der Waals surface area contributed by atoms with Gasteiger partial charge in [0.1, 0.15) is 17.4 Å². The molecule has 1 aromatic heterocycles. The quantitative estimate of drug-likeness (QED) is 0.677. The van der Waals surface area contributed by atoms with Crippen LogP contribution in [0.5, 0.6) is 11.5 Å². The summed E-state index contributed by atoms with van der Waals surface area (Å²) in [5.74, 6) is 0.282. The van der Waals surface area contributed by atoms with E-state index in [9.17, 15) is 15.0 Å². The zero-order valence-corrected chi connectivity index (χ0v) is 15.0. The minimum Gasteiger partial charge on any atom is -0.504 e. The van der Waals surface area contributed by atoms with Gasteiger partial charge in [-0.25, -0.2) is 4.98 Å². The van der Waals surface area contributed by atoms with E-state index in [1.165, 1.54) is 13.0 Å². The van der Waals surface area contributed by atoms with Crippen LogP contribution >= 0.6 is 11.6 Å². The van der Waals surface area contributed by atoms with Crippen LogP contribution in [0.2, 0.25) is 5.02 Å². The van der Waals surface area contributed by atoms with E-state index in [1.54, 1.807) is 37.3 Å². The normalized spacial score (nSPS) is 13.5. The third-order valence-electron chi connectivity index (χ3n) is 3.91. The Morgan fingerprint density at radius 3 is 2.77 bits per heavy atom. The molecular formula is C19H18ClNO5. The van der Waals surface area contributed by atoms with Gasteiger partial charge in [0, 0.05) is 23.1 Å². The van der Waals surface area contributed by atoms with Crippen molar-refractivity contribution in [3.05, 3.63) is 41.4 Å². The predicted octanol–water partition coefficient (Wildman–Crippen LogP) is 3.96. The zero-order chi connectivity index (χ0) is 18.8. The Balaban J connectivity index is 1.81. The summed E-state index contributed by atoms with van der Waals surface area (Å²) in [7, 11) is 0. The maximum Gasteiger partial charge on any atom is 0.227 e. The molecule has 0 bridgehead atoms. The summed E-state index contributed by atoms with van der Waals surface area (Å²) in [5, 5.41) is 20.7. The van der Waals surface area contributed by atoms with Crippen molar-refractivity contribution in [2.75, 3.05) is 0 Å². The zero-order valence-electron chi connectivity index (χ0n) is 14.3. The summed E-state index contributed by atoms with van der Waals surface area (Å²) in [6, 6.07) is 9.85. The van der Waals surface area contributed by atoms with Gasteiger partial charge in [-0.15, -0.1) is 0 Å². The largest absolute Gasteiger partial charge is 0.504 e. The predicted molar refractivity (Wildman–Crippen MR) is 97.5 cm³/mol. The summed E-state index contributed by atoms with van der Waals surface area (Å²) in [4.78, 5) is 15.4. The molecule has 2 N–H and O–H groups in total. The van der Waals surface area contributed by atoms with Crippen molar-refractivity contribution >= 4 is 28.5 Å². The van der Waals surface area contributed by atoms with Gasteiger partial charge in [0.05, 0.1) is 6.10 Å². The molecule has 3 aromatic rings. The average molecular weight is 376 g/mol. The molecule has 2 atom stereocenters. The van der Waals surface area contributed by atoms with E-state index in [-0.39, 0.29) is 23.7 Å². The Hall–Kier alpha value is -2.57. The van der Waals surface area contributed by atoms with Gasteiger partial charge < -0.3 is 19.4 Å². The van der Waals surface area contributed by atoms with Gasteiger partial charge in [-0.3, -0.25) is 4.79 Å². The molecule has 0 spiro atoms. The van der Waals surface area contributed by atoms with E-state index in [1.807, 2.05) is 0 Å². The minimum atomic E-state index is -0.951. The smallest absolute Gasteiger partial charge is 0.227 e. The Morgan fingerprint density at radius 1 is 1.31 bits per heavy atom. The van der Waals surface area contributed by atoms with E-state index in [0.717, 1.165) is 0 Å². The molecule has 2 aromatic carbocycles. The number of nitrogens with zero attached hydrogens (tertiary/aromatic N) is 1. The number of carbonyl (C=O) groups excluding carboxylic acids is 1. The Bertz CT molecular complexity index is 952. The summed E-state index contributed by atoms with van der Waals surface area (Å²) in [5.41, 5.74) is 1.78. The molecule has 3 rings (SSSR count). The van der Waals surface area contributed by atoms with Gasteiger partial charge in [0.25, 0.3) is 0 Å². The number of aliphatic hydroxyl groups is 1. The van der Waals surface area contributed by atoms with E-state index in [2.05, 4.69) is 4.98 Å².